The van der Waals surface area contributed by atoms with Gasteiger partial charge in [-0.1, -0.05) is 57.2 Å². The van der Waals surface area contributed by atoms with E-state index in [2.05, 4.69) is 33.9 Å². The standard InChI is InChI=1S/C21H34O4Si/c1-17(25-26(6,7)21(2,3)4)19(20(22)23-5)14-11-15-24-16-18-12-9-8-10-13-18/h8-10,12-14,17H,11,15-16H2,1-7H3/b19-14+. The van der Waals surface area contributed by atoms with Gasteiger partial charge in [0.25, 0.3) is 0 Å². The highest BCUT2D eigenvalue weighted by molar-refractivity contribution is 6.74. The van der Waals surface area contributed by atoms with Gasteiger partial charge < -0.3 is 13.9 Å². The van der Waals surface area contributed by atoms with E-state index in [-0.39, 0.29) is 17.1 Å². The van der Waals surface area contributed by atoms with E-state index in [1.807, 2.05) is 43.3 Å². The monoisotopic (exact) mass is 378 g/mol. The molecular formula is C21H34O4Si. The third-order valence-electron chi connectivity index (χ3n) is 4.87. The first kappa shape index (κ1) is 22.6. The van der Waals surface area contributed by atoms with E-state index in [0.29, 0.717) is 25.2 Å². The van der Waals surface area contributed by atoms with Gasteiger partial charge in [-0.15, -0.1) is 0 Å². The Morgan fingerprint density at radius 1 is 1.19 bits per heavy atom. The third-order valence-corrected chi connectivity index (χ3v) is 9.43. The van der Waals surface area contributed by atoms with Crippen molar-refractivity contribution in [2.45, 2.75) is 65.0 Å². The van der Waals surface area contributed by atoms with Crippen molar-refractivity contribution < 1.29 is 18.7 Å². The van der Waals surface area contributed by atoms with Gasteiger partial charge in [-0.2, -0.15) is 0 Å². The summed E-state index contributed by atoms with van der Waals surface area (Å²) in [5, 5.41) is 0.0846. The van der Waals surface area contributed by atoms with Gasteiger partial charge in [0.05, 0.1) is 32.0 Å². The van der Waals surface area contributed by atoms with Gasteiger partial charge in [0.2, 0.25) is 0 Å². The van der Waals surface area contributed by atoms with Crippen molar-refractivity contribution in [2.75, 3.05) is 13.7 Å². The third kappa shape index (κ3) is 7.06. The van der Waals surface area contributed by atoms with Crippen LogP contribution >= 0.6 is 0 Å². The Balaban J connectivity index is 2.64. The molecule has 1 aromatic rings. The van der Waals surface area contributed by atoms with Gasteiger partial charge in [0, 0.05) is 0 Å². The molecule has 146 valence electrons. The van der Waals surface area contributed by atoms with Gasteiger partial charge >= 0.3 is 5.97 Å². The zero-order chi connectivity index (χ0) is 19.8. The molecule has 0 aliphatic carbocycles. The predicted molar refractivity (Wildman–Crippen MR) is 109 cm³/mol. The molecule has 0 aliphatic heterocycles. The molecule has 1 atom stereocenters. The van der Waals surface area contributed by atoms with Gasteiger partial charge in [-0.3, -0.25) is 0 Å². The number of hydrogen-bond donors (Lipinski definition) is 0. The highest BCUT2D eigenvalue weighted by Gasteiger charge is 2.39. The van der Waals surface area contributed by atoms with E-state index in [9.17, 15) is 4.79 Å². The van der Waals surface area contributed by atoms with Gasteiger partial charge in [0.15, 0.2) is 8.32 Å². The Kier molecular flexibility index (Phi) is 8.73. The lowest BCUT2D eigenvalue weighted by Crippen LogP contribution is -2.44. The lowest BCUT2D eigenvalue weighted by atomic mass is 10.1. The number of benzene rings is 1. The Morgan fingerprint density at radius 3 is 2.35 bits per heavy atom. The fourth-order valence-corrected chi connectivity index (χ4v) is 3.64. The summed E-state index contributed by atoms with van der Waals surface area (Å²) >= 11 is 0. The normalized spacial score (nSPS) is 14.2. The summed E-state index contributed by atoms with van der Waals surface area (Å²) in [4.78, 5) is 12.2. The zero-order valence-corrected chi connectivity index (χ0v) is 18.3. The molecule has 0 saturated heterocycles. The van der Waals surface area contributed by atoms with Crippen LogP contribution in [0.2, 0.25) is 18.1 Å². The fraction of sp³-hybridized carbons (Fsp3) is 0.571. The fourth-order valence-electron chi connectivity index (χ4n) is 2.28. The van der Waals surface area contributed by atoms with E-state index in [0.717, 1.165) is 5.56 Å². The molecule has 1 rings (SSSR count). The zero-order valence-electron chi connectivity index (χ0n) is 17.3. The van der Waals surface area contributed by atoms with Crippen LogP contribution in [0.25, 0.3) is 0 Å². The minimum Gasteiger partial charge on any atom is -0.466 e. The van der Waals surface area contributed by atoms with Crippen molar-refractivity contribution in [1.29, 1.82) is 0 Å². The second-order valence-electron chi connectivity index (χ2n) is 8.00. The number of rotatable bonds is 9. The van der Waals surface area contributed by atoms with Crippen molar-refractivity contribution in [2.24, 2.45) is 0 Å². The molecule has 0 fully saturated rings. The summed E-state index contributed by atoms with van der Waals surface area (Å²) in [6.45, 7) is 14.0. The molecular weight excluding hydrogens is 344 g/mol. The summed E-state index contributed by atoms with van der Waals surface area (Å²) in [5.41, 5.74) is 1.71. The molecule has 1 unspecified atom stereocenters. The summed E-state index contributed by atoms with van der Waals surface area (Å²) in [6.07, 6.45) is 2.23. The minimum absolute atomic E-state index is 0.0846. The quantitative estimate of drug-likeness (QED) is 0.259. The average Bonchev–Trinajstić information content (AvgIpc) is 2.56. The molecule has 4 nitrogen and oxygen atoms in total. The number of esters is 1. The molecule has 26 heavy (non-hydrogen) atoms. The van der Waals surface area contributed by atoms with Gasteiger partial charge in [-0.25, -0.2) is 4.79 Å². The predicted octanol–water partition coefficient (Wildman–Crippen LogP) is 5.10. The van der Waals surface area contributed by atoms with E-state index in [1.165, 1.54) is 7.11 Å². The number of methoxy groups -OCH3 is 1. The van der Waals surface area contributed by atoms with E-state index >= 15 is 0 Å². The van der Waals surface area contributed by atoms with Crippen LogP contribution in [0.15, 0.2) is 42.0 Å². The van der Waals surface area contributed by atoms with Crippen molar-refractivity contribution >= 4 is 14.3 Å². The Morgan fingerprint density at radius 2 is 1.81 bits per heavy atom. The van der Waals surface area contributed by atoms with Crippen LogP contribution in [-0.2, 0) is 25.3 Å². The topological polar surface area (TPSA) is 44.8 Å². The van der Waals surface area contributed by atoms with Crippen LogP contribution in [-0.4, -0.2) is 34.1 Å². The molecule has 0 radical (unpaired) electrons. The molecule has 0 saturated carbocycles. The maximum Gasteiger partial charge on any atom is 0.335 e. The van der Waals surface area contributed by atoms with Gasteiger partial charge in [-0.05, 0) is 37.0 Å². The number of hydrogen-bond acceptors (Lipinski definition) is 4. The van der Waals surface area contributed by atoms with E-state index < -0.39 is 8.32 Å². The first-order chi connectivity index (χ1) is 12.1. The largest absolute Gasteiger partial charge is 0.466 e. The van der Waals surface area contributed by atoms with Gasteiger partial charge in [0.1, 0.15) is 0 Å². The molecule has 0 aromatic heterocycles. The molecule has 0 N–H and O–H groups in total. The van der Waals surface area contributed by atoms with Crippen LogP contribution < -0.4 is 0 Å². The van der Waals surface area contributed by atoms with Crippen LogP contribution in [0.1, 0.15) is 39.7 Å². The highest BCUT2D eigenvalue weighted by atomic mass is 28.4. The Bertz CT molecular complexity index is 588. The summed E-state index contributed by atoms with van der Waals surface area (Å²) in [5.74, 6) is -0.334. The van der Waals surface area contributed by atoms with Crippen molar-refractivity contribution in [3.05, 3.63) is 47.5 Å². The second kappa shape index (κ2) is 10.0. The molecule has 0 aliphatic rings. The summed E-state index contributed by atoms with van der Waals surface area (Å²) < 4.78 is 17.0. The molecule has 0 amide bonds. The average molecular weight is 379 g/mol. The maximum absolute atomic E-state index is 12.2. The SMILES string of the molecule is COC(=O)/C(=C/CCOCc1ccccc1)C(C)O[Si](C)(C)C(C)(C)C. The molecule has 5 heteroatoms. The number of ether oxygens (including phenoxy) is 2. The lowest BCUT2D eigenvalue weighted by Gasteiger charge is -2.38. The van der Waals surface area contributed by atoms with Crippen molar-refractivity contribution in [3.8, 4) is 0 Å². The van der Waals surface area contributed by atoms with Crippen LogP contribution in [0.5, 0.6) is 0 Å². The van der Waals surface area contributed by atoms with E-state index in [1.54, 1.807) is 0 Å². The summed E-state index contributed by atoms with van der Waals surface area (Å²) in [6, 6.07) is 10.0. The highest BCUT2D eigenvalue weighted by Crippen LogP contribution is 2.38. The first-order valence-corrected chi connectivity index (χ1v) is 12.1. The van der Waals surface area contributed by atoms with Crippen LogP contribution in [0.4, 0.5) is 0 Å². The second-order valence-corrected chi connectivity index (χ2v) is 12.8. The number of carbonyl (C=O) groups excluding carboxylic acids is 1. The first-order valence-electron chi connectivity index (χ1n) is 9.16. The Labute approximate surface area is 159 Å². The van der Waals surface area contributed by atoms with Crippen LogP contribution in [0.3, 0.4) is 0 Å². The molecule has 1 aromatic carbocycles. The van der Waals surface area contributed by atoms with Crippen molar-refractivity contribution in [1.82, 2.24) is 0 Å². The summed E-state index contributed by atoms with van der Waals surface area (Å²) in [7, 11) is -0.564. The smallest absolute Gasteiger partial charge is 0.335 e. The molecule has 0 spiro atoms. The maximum atomic E-state index is 12.2. The minimum atomic E-state index is -1.97. The molecule has 0 bridgehead atoms. The lowest BCUT2D eigenvalue weighted by molar-refractivity contribution is -0.137. The Hall–Kier alpha value is -1.43. The van der Waals surface area contributed by atoms with E-state index in [4.69, 9.17) is 13.9 Å². The van der Waals surface area contributed by atoms with Crippen LogP contribution in [0, 0.1) is 0 Å². The number of carbonyl (C=O) groups is 1. The van der Waals surface area contributed by atoms with Crippen molar-refractivity contribution in [3.63, 3.8) is 0 Å². The molecule has 0 heterocycles.